The molecule has 2 aromatic rings. The Morgan fingerprint density at radius 1 is 1.17 bits per heavy atom. The number of carbonyl (C=O) groups excluding carboxylic acids is 2. The van der Waals surface area contributed by atoms with Crippen LogP contribution < -0.4 is 10.5 Å². The van der Waals surface area contributed by atoms with Gasteiger partial charge in [0.1, 0.15) is 0 Å². The Morgan fingerprint density at radius 2 is 1.83 bits per heavy atom. The lowest BCUT2D eigenvalue weighted by atomic mass is 10.1. The largest absolute Gasteiger partial charge is 0.350 e. The summed E-state index contributed by atoms with van der Waals surface area (Å²) in [5.41, 5.74) is 0.750. The molecule has 1 aromatic heterocycles. The van der Waals surface area contributed by atoms with Crippen molar-refractivity contribution in [2.24, 2.45) is 5.14 Å². The van der Waals surface area contributed by atoms with E-state index in [1.165, 1.54) is 23.5 Å². The maximum atomic E-state index is 12.0. The van der Waals surface area contributed by atoms with Gasteiger partial charge in [-0.3, -0.25) is 9.59 Å². The molecule has 0 saturated carbocycles. The Kier molecular flexibility index (Phi) is 5.87. The quantitative estimate of drug-likeness (QED) is 0.733. The molecule has 1 heterocycles. The zero-order chi connectivity index (χ0) is 17.7. The molecule has 8 heteroatoms. The van der Waals surface area contributed by atoms with Gasteiger partial charge in [0.05, 0.1) is 15.8 Å². The van der Waals surface area contributed by atoms with Gasteiger partial charge in [0.25, 0.3) is 0 Å². The molecule has 2 rings (SSSR count). The van der Waals surface area contributed by atoms with Crippen molar-refractivity contribution in [3.8, 4) is 0 Å². The Hall–Kier alpha value is -2.03. The topological polar surface area (TPSA) is 106 Å². The monoisotopic (exact) mass is 366 g/mol. The smallest absolute Gasteiger partial charge is 0.238 e. The standard InChI is InChI=1S/C16H18N2O4S2/c1-11(12-4-6-13(7-5-12)24(17,21)22)18-16(20)9-8-14(19)15-3-2-10-23-15/h2-7,10-11H,8-9H2,1H3,(H,18,20)(H2,17,21,22). The van der Waals surface area contributed by atoms with Crippen LogP contribution in [-0.4, -0.2) is 20.1 Å². The van der Waals surface area contributed by atoms with Gasteiger partial charge >= 0.3 is 0 Å². The number of sulfonamides is 1. The molecule has 6 nitrogen and oxygen atoms in total. The summed E-state index contributed by atoms with van der Waals surface area (Å²) >= 11 is 1.36. The Balaban J connectivity index is 1.88. The minimum absolute atomic E-state index is 0.0197. The summed E-state index contributed by atoms with van der Waals surface area (Å²) in [5, 5.41) is 9.65. The number of ketones is 1. The third kappa shape index (κ3) is 4.98. The van der Waals surface area contributed by atoms with Crippen LogP contribution in [0.4, 0.5) is 0 Å². The summed E-state index contributed by atoms with van der Waals surface area (Å²) in [5.74, 6) is -0.284. The molecule has 0 aliphatic rings. The van der Waals surface area contributed by atoms with Gasteiger partial charge in [-0.25, -0.2) is 13.6 Å². The molecular formula is C16H18N2O4S2. The highest BCUT2D eigenvalue weighted by Crippen LogP contribution is 2.16. The van der Waals surface area contributed by atoms with Gasteiger partial charge in [0.2, 0.25) is 15.9 Å². The third-order valence-corrected chi connectivity index (χ3v) is 5.30. The average Bonchev–Trinajstić information content (AvgIpc) is 3.06. The number of primary sulfonamides is 1. The summed E-state index contributed by atoms with van der Waals surface area (Å²) in [6.07, 6.45) is 0.264. The summed E-state index contributed by atoms with van der Waals surface area (Å²) in [6.45, 7) is 1.78. The SMILES string of the molecule is CC(NC(=O)CCC(=O)c1cccs1)c1ccc(S(N)(=O)=O)cc1. The highest BCUT2D eigenvalue weighted by atomic mass is 32.2. The van der Waals surface area contributed by atoms with Gasteiger partial charge in [0, 0.05) is 12.8 Å². The molecule has 0 aliphatic carbocycles. The molecule has 1 amide bonds. The second kappa shape index (κ2) is 7.69. The Labute approximate surface area is 144 Å². The highest BCUT2D eigenvalue weighted by molar-refractivity contribution is 7.89. The van der Waals surface area contributed by atoms with Crippen molar-refractivity contribution in [2.75, 3.05) is 0 Å². The molecule has 3 N–H and O–H groups in total. The fourth-order valence-electron chi connectivity index (χ4n) is 2.13. The van der Waals surface area contributed by atoms with Crippen molar-refractivity contribution in [2.45, 2.75) is 30.7 Å². The lowest BCUT2D eigenvalue weighted by Crippen LogP contribution is -2.27. The maximum Gasteiger partial charge on any atom is 0.238 e. The molecule has 24 heavy (non-hydrogen) atoms. The molecular weight excluding hydrogens is 348 g/mol. The lowest BCUT2D eigenvalue weighted by Gasteiger charge is -2.14. The number of thiophene rings is 1. The molecule has 1 aromatic carbocycles. The minimum atomic E-state index is -3.73. The number of benzene rings is 1. The first-order valence-corrected chi connectivity index (χ1v) is 9.69. The molecule has 0 saturated heterocycles. The number of amides is 1. The van der Waals surface area contributed by atoms with Crippen LogP contribution in [0.3, 0.4) is 0 Å². The normalized spacial score (nSPS) is 12.6. The van der Waals surface area contributed by atoms with Crippen molar-refractivity contribution >= 4 is 33.1 Å². The van der Waals surface area contributed by atoms with E-state index in [4.69, 9.17) is 5.14 Å². The molecule has 0 aliphatic heterocycles. The zero-order valence-electron chi connectivity index (χ0n) is 13.1. The van der Waals surface area contributed by atoms with E-state index in [0.717, 1.165) is 5.56 Å². The van der Waals surface area contributed by atoms with E-state index in [1.54, 1.807) is 31.2 Å². The Bertz CT molecular complexity index is 812. The van der Waals surface area contributed by atoms with Crippen molar-refractivity contribution in [1.82, 2.24) is 5.32 Å². The number of Topliss-reactive ketones (excluding diaryl/α,β-unsaturated/α-hetero) is 1. The summed E-state index contributed by atoms with van der Waals surface area (Å²) in [6, 6.07) is 9.22. The first kappa shape index (κ1) is 18.3. The molecule has 128 valence electrons. The van der Waals surface area contributed by atoms with Crippen molar-refractivity contribution in [1.29, 1.82) is 0 Å². The van der Waals surface area contributed by atoms with Crippen LogP contribution in [0.1, 0.15) is 41.0 Å². The number of nitrogens with two attached hydrogens (primary N) is 1. The van der Waals surface area contributed by atoms with Crippen LogP contribution in [0.5, 0.6) is 0 Å². The summed E-state index contributed by atoms with van der Waals surface area (Å²) in [4.78, 5) is 24.5. The number of hydrogen-bond acceptors (Lipinski definition) is 5. The van der Waals surface area contributed by atoms with Gasteiger partial charge in [0.15, 0.2) is 5.78 Å². The van der Waals surface area contributed by atoms with E-state index in [0.29, 0.717) is 4.88 Å². The van der Waals surface area contributed by atoms with Gasteiger partial charge in [-0.05, 0) is 36.1 Å². The molecule has 0 spiro atoms. The van der Waals surface area contributed by atoms with Crippen LogP contribution in [-0.2, 0) is 14.8 Å². The second-order valence-corrected chi connectivity index (χ2v) is 7.81. The highest BCUT2D eigenvalue weighted by Gasteiger charge is 2.14. The fraction of sp³-hybridized carbons (Fsp3) is 0.250. The Morgan fingerprint density at radius 3 is 2.38 bits per heavy atom. The second-order valence-electron chi connectivity index (χ2n) is 5.30. The van der Waals surface area contributed by atoms with E-state index >= 15 is 0 Å². The van der Waals surface area contributed by atoms with Crippen molar-refractivity contribution in [3.05, 3.63) is 52.2 Å². The first-order valence-electron chi connectivity index (χ1n) is 7.26. The number of nitrogens with one attached hydrogen (secondary N) is 1. The third-order valence-electron chi connectivity index (χ3n) is 3.46. The molecule has 1 unspecified atom stereocenters. The van der Waals surface area contributed by atoms with Crippen LogP contribution in [0.15, 0.2) is 46.7 Å². The molecule has 1 atom stereocenters. The predicted octanol–water partition coefficient (Wildman–Crippen LogP) is 2.24. The first-order chi connectivity index (χ1) is 11.3. The zero-order valence-corrected chi connectivity index (χ0v) is 14.7. The van der Waals surface area contributed by atoms with Gasteiger partial charge in [-0.1, -0.05) is 18.2 Å². The molecule has 0 bridgehead atoms. The van der Waals surface area contributed by atoms with Gasteiger partial charge in [-0.15, -0.1) is 11.3 Å². The predicted molar refractivity (Wildman–Crippen MR) is 92.3 cm³/mol. The molecule has 0 fully saturated rings. The van der Waals surface area contributed by atoms with Crippen LogP contribution in [0.2, 0.25) is 0 Å². The summed E-state index contributed by atoms with van der Waals surface area (Å²) < 4.78 is 22.4. The number of rotatable bonds is 7. The fourth-order valence-corrected chi connectivity index (χ4v) is 3.34. The van der Waals surface area contributed by atoms with Gasteiger partial charge in [-0.2, -0.15) is 0 Å². The van der Waals surface area contributed by atoms with Crippen molar-refractivity contribution in [3.63, 3.8) is 0 Å². The van der Waals surface area contributed by atoms with E-state index in [2.05, 4.69) is 5.32 Å². The van der Waals surface area contributed by atoms with Crippen LogP contribution >= 0.6 is 11.3 Å². The van der Waals surface area contributed by atoms with E-state index in [9.17, 15) is 18.0 Å². The van der Waals surface area contributed by atoms with Crippen LogP contribution in [0, 0.1) is 0 Å². The number of hydrogen-bond donors (Lipinski definition) is 2. The van der Waals surface area contributed by atoms with Crippen molar-refractivity contribution < 1.29 is 18.0 Å². The molecule has 0 radical (unpaired) electrons. The van der Waals surface area contributed by atoms with Crippen LogP contribution in [0.25, 0.3) is 0 Å². The minimum Gasteiger partial charge on any atom is -0.350 e. The van der Waals surface area contributed by atoms with E-state index in [-0.39, 0.29) is 35.5 Å². The lowest BCUT2D eigenvalue weighted by molar-refractivity contribution is -0.121. The van der Waals surface area contributed by atoms with E-state index in [1.807, 2.05) is 5.38 Å². The van der Waals surface area contributed by atoms with Gasteiger partial charge < -0.3 is 5.32 Å². The number of carbonyl (C=O) groups is 2. The average molecular weight is 366 g/mol. The van der Waals surface area contributed by atoms with E-state index < -0.39 is 10.0 Å². The summed E-state index contributed by atoms with van der Waals surface area (Å²) in [7, 11) is -3.73. The maximum absolute atomic E-state index is 12.0.